The number of hydrogen-bond donors (Lipinski definition) is 1. The second-order valence-electron chi connectivity index (χ2n) is 5.72. The van der Waals surface area contributed by atoms with Crippen molar-refractivity contribution in [3.8, 4) is 0 Å². The summed E-state index contributed by atoms with van der Waals surface area (Å²) in [6.45, 7) is 1.59. The minimum Gasteiger partial charge on any atom is -0.465 e. The van der Waals surface area contributed by atoms with Crippen molar-refractivity contribution < 1.29 is 22.7 Å². The number of anilines is 1. The molecule has 0 radical (unpaired) electrons. The maximum absolute atomic E-state index is 12.7. The van der Waals surface area contributed by atoms with Crippen molar-refractivity contribution in [3.05, 3.63) is 58.1 Å². The number of carbonyl (C=O) groups excluding carboxylic acids is 2. The van der Waals surface area contributed by atoms with E-state index >= 15 is 0 Å². The number of likely N-dealkylation sites (N-methyl/N-ethyl adjacent to an activating group) is 1. The van der Waals surface area contributed by atoms with Gasteiger partial charge >= 0.3 is 5.97 Å². The van der Waals surface area contributed by atoms with Crippen LogP contribution in [0.1, 0.15) is 17.3 Å². The third-order valence-electron chi connectivity index (χ3n) is 3.58. The predicted molar refractivity (Wildman–Crippen MR) is 107 cm³/mol. The molecule has 0 bridgehead atoms. The largest absolute Gasteiger partial charge is 0.465 e. The molecule has 1 amide bonds. The SMILES string of the molecule is CCOC(=O)CN(C)C(=O)c1ccc(Cl)c(S(=O)(=O)Nc2ccc(Cl)cc2)c1. The van der Waals surface area contributed by atoms with Crippen LogP contribution in [0.4, 0.5) is 5.69 Å². The lowest BCUT2D eigenvalue weighted by Crippen LogP contribution is -2.33. The van der Waals surface area contributed by atoms with E-state index in [0.29, 0.717) is 5.02 Å². The Hall–Kier alpha value is -2.29. The maximum Gasteiger partial charge on any atom is 0.325 e. The van der Waals surface area contributed by atoms with Gasteiger partial charge in [0.15, 0.2) is 0 Å². The van der Waals surface area contributed by atoms with Crippen molar-refractivity contribution in [1.29, 1.82) is 0 Å². The molecular weight excluding hydrogens is 427 g/mol. The second kappa shape index (κ2) is 9.27. The number of rotatable bonds is 7. The molecule has 0 atom stereocenters. The summed E-state index contributed by atoms with van der Waals surface area (Å²) in [5.41, 5.74) is 0.351. The number of hydrogen-bond acceptors (Lipinski definition) is 5. The first kappa shape index (κ1) is 22.0. The van der Waals surface area contributed by atoms with E-state index in [1.54, 1.807) is 6.92 Å². The fourth-order valence-corrected chi connectivity index (χ4v) is 3.97. The Morgan fingerprint density at radius 3 is 2.36 bits per heavy atom. The van der Waals surface area contributed by atoms with E-state index in [9.17, 15) is 18.0 Å². The number of nitrogens with one attached hydrogen (secondary N) is 1. The van der Waals surface area contributed by atoms with Crippen LogP contribution in [0.2, 0.25) is 10.0 Å². The Bertz CT molecular complexity index is 978. The first-order valence-electron chi connectivity index (χ1n) is 8.13. The van der Waals surface area contributed by atoms with Gasteiger partial charge in [-0.1, -0.05) is 23.2 Å². The van der Waals surface area contributed by atoms with Crippen LogP contribution in [0.3, 0.4) is 0 Å². The average molecular weight is 445 g/mol. The molecule has 0 aliphatic carbocycles. The Morgan fingerprint density at radius 1 is 1.11 bits per heavy atom. The molecule has 0 heterocycles. The van der Waals surface area contributed by atoms with Crippen molar-refractivity contribution in [2.24, 2.45) is 0 Å². The monoisotopic (exact) mass is 444 g/mol. The highest BCUT2D eigenvalue weighted by atomic mass is 35.5. The lowest BCUT2D eigenvalue weighted by Gasteiger charge is -2.17. The normalized spacial score (nSPS) is 11.0. The summed E-state index contributed by atoms with van der Waals surface area (Å²) in [6.07, 6.45) is 0. The first-order chi connectivity index (χ1) is 13.1. The van der Waals surface area contributed by atoms with E-state index in [0.717, 1.165) is 11.0 Å². The zero-order chi connectivity index (χ0) is 20.9. The fraction of sp³-hybridized carbons (Fsp3) is 0.222. The lowest BCUT2D eigenvalue weighted by molar-refractivity contribution is -0.143. The van der Waals surface area contributed by atoms with Gasteiger partial charge in [0.05, 0.1) is 11.6 Å². The van der Waals surface area contributed by atoms with Crippen molar-refractivity contribution in [1.82, 2.24) is 4.90 Å². The number of ether oxygens (including phenoxy) is 1. The van der Waals surface area contributed by atoms with Crippen LogP contribution in [0.25, 0.3) is 0 Å². The minimum absolute atomic E-state index is 0.0499. The Balaban J connectivity index is 2.27. The highest BCUT2D eigenvalue weighted by Crippen LogP contribution is 2.26. The standard InChI is InChI=1S/C18H18Cl2N2O5S/c1-3-27-17(23)11-22(2)18(24)12-4-9-15(20)16(10-12)28(25,26)21-14-7-5-13(19)6-8-14/h4-10,21H,3,11H2,1-2H3. The third kappa shape index (κ3) is 5.60. The molecule has 0 aromatic heterocycles. The van der Waals surface area contributed by atoms with Crippen LogP contribution in [0.5, 0.6) is 0 Å². The van der Waals surface area contributed by atoms with E-state index in [-0.39, 0.29) is 34.3 Å². The Labute approximate surface area is 173 Å². The summed E-state index contributed by atoms with van der Waals surface area (Å²) in [4.78, 5) is 24.9. The minimum atomic E-state index is -4.06. The lowest BCUT2D eigenvalue weighted by atomic mass is 10.2. The van der Waals surface area contributed by atoms with Crippen LogP contribution in [-0.2, 0) is 19.6 Å². The smallest absolute Gasteiger partial charge is 0.325 e. The van der Waals surface area contributed by atoms with Gasteiger partial charge in [-0.05, 0) is 49.4 Å². The van der Waals surface area contributed by atoms with Crippen LogP contribution in [0, 0.1) is 0 Å². The van der Waals surface area contributed by atoms with Crippen LogP contribution in [0.15, 0.2) is 47.4 Å². The van der Waals surface area contributed by atoms with Gasteiger partial charge in [-0.15, -0.1) is 0 Å². The molecule has 0 saturated heterocycles. The molecule has 0 spiro atoms. The summed E-state index contributed by atoms with van der Waals surface area (Å²) in [5, 5.41) is 0.407. The molecule has 7 nitrogen and oxygen atoms in total. The molecule has 0 aliphatic heterocycles. The van der Waals surface area contributed by atoms with Gasteiger partial charge in [0, 0.05) is 23.3 Å². The number of sulfonamides is 1. The fourth-order valence-electron chi connectivity index (χ4n) is 2.26. The molecule has 28 heavy (non-hydrogen) atoms. The van der Waals surface area contributed by atoms with Gasteiger partial charge in [-0.2, -0.15) is 0 Å². The zero-order valence-electron chi connectivity index (χ0n) is 15.1. The van der Waals surface area contributed by atoms with Gasteiger partial charge in [0.1, 0.15) is 11.4 Å². The van der Waals surface area contributed by atoms with E-state index in [1.807, 2.05) is 0 Å². The molecule has 0 fully saturated rings. The van der Waals surface area contributed by atoms with Gasteiger partial charge in [-0.3, -0.25) is 14.3 Å². The summed E-state index contributed by atoms with van der Waals surface area (Å²) >= 11 is 11.8. The van der Waals surface area contributed by atoms with E-state index in [1.165, 1.54) is 43.4 Å². The number of nitrogens with zero attached hydrogens (tertiary/aromatic N) is 1. The van der Waals surface area contributed by atoms with Gasteiger partial charge in [0.2, 0.25) is 0 Å². The molecule has 150 valence electrons. The summed E-state index contributed by atoms with van der Waals surface area (Å²) in [6, 6.07) is 9.91. The summed E-state index contributed by atoms with van der Waals surface area (Å²) in [7, 11) is -2.65. The van der Waals surface area contributed by atoms with Gasteiger partial charge in [-0.25, -0.2) is 8.42 Å². The van der Waals surface area contributed by atoms with E-state index in [4.69, 9.17) is 27.9 Å². The van der Waals surface area contributed by atoms with Crippen LogP contribution in [-0.4, -0.2) is 45.4 Å². The number of carbonyl (C=O) groups is 2. The number of amides is 1. The zero-order valence-corrected chi connectivity index (χ0v) is 17.4. The topological polar surface area (TPSA) is 92.8 Å². The predicted octanol–water partition coefficient (Wildman–Crippen LogP) is 3.43. The van der Waals surface area contributed by atoms with E-state index < -0.39 is 21.9 Å². The van der Waals surface area contributed by atoms with Crippen LogP contribution >= 0.6 is 23.2 Å². The molecule has 2 aromatic carbocycles. The molecule has 0 unspecified atom stereocenters. The van der Waals surface area contributed by atoms with Gasteiger partial charge < -0.3 is 9.64 Å². The summed E-state index contributed by atoms with van der Waals surface area (Å²) in [5.74, 6) is -1.11. The molecule has 2 rings (SSSR count). The third-order valence-corrected chi connectivity index (χ3v) is 5.70. The Morgan fingerprint density at radius 2 is 1.75 bits per heavy atom. The van der Waals surface area contributed by atoms with Crippen molar-refractivity contribution in [2.75, 3.05) is 24.9 Å². The average Bonchev–Trinajstić information content (AvgIpc) is 2.63. The Kier molecular flexibility index (Phi) is 7.29. The summed E-state index contributed by atoms with van der Waals surface area (Å²) < 4.78 is 32.6. The molecule has 0 aliphatic rings. The molecule has 10 heteroatoms. The highest BCUT2D eigenvalue weighted by molar-refractivity contribution is 7.92. The van der Waals surface area contributed by atoms with Crippen molar-refractivity contribution in [2.45, 2.75) is 11.8 Å². The number of halogens is 2. The van der Waals surface area contributed by atoms with Crippen molar-refractivity contribution >= 4 is 50.8 Å². The number of benzene rings is 2. The second-order valence-corrected chi connectivity index (χ2v) is 8.22. The number of esters is 1. The quantitative estimate of drug-likeness (QED) is 0.660. The molecule has 2 aromatic rings. The first-order valence-corrected chi connectivity index (χ1v) is 10.4. The van der Waals surface area contributed by atoms with Gasteiger partial charge in [0.25, 0.3) is 15.9 Å². The molecule has 0 saturated carbocycles. The molecular formula is C18H18Cl2N2O5S. The highest BCUT2D eigenvalue weighted by Gasteiger charge is 2.22. The maximum atomic E-state index is 12.7. The van der Waals surface area contributed by atoms with Crippen molar-refractivity contribution in [3.63, 3.8) is 0 Å². The van der Waals surface area contributed by atoms with E-state index in [2.05, 4.69) is 4.72 Å². The van der Waals surface area contributed by atoms with Crippen LogP contribution < -0.4 is 4.72 Å². The molecule has 1 N–H and O–H groups in total.